The first-order chi connectivity index (χ1) is 29.0. The summed E-state index contributed by atoms with van der Waals surface area (Å²) in [5, 5.41) is 12.5. The molecule has 5 heterocycles. The molecule has 4 aromatic rings. The van der Waals surface area contributed by atoms with Gasteiger partial charge in [0.25, 0.3) is 0 Å². The Hall–Kier alpha value is -5.02. The van der Waals surface area contributed by atoms with E-state index in [1.54, 1.807) is 58.4 Å². The van der Waals surface area contributed by atoms with Gasteiger partial charge in [0, 0.05) is 37.0 Å². The number of likely N-dealkylation sites (tertiary alicyclic amines) is 1. The number of thiophene rings is 1. The molecule has 0 saturated carbocycles. The summed E-state index contributed by atoms with van der Waals surface area (Å²) in [6.45, 7) is 18.2. The van der Waals surface area contributed by atoms with Gasteiger partial charge in [-0.3, -0.25) is 10.2 Å². The second-order valence-electron chi connectivity index (χ2n) is 17.3. The first-order valence-electron chi connectivity index (χ1n) is 20.7. The quantitative estimate of drug-likeness (QED) is 0.193. The smallest absolute Gasteiger partial charge is 0.417 e. The molecule has 0 spiro atoms. The molecule has 3 aliphatic rings. The van der Waals surface area contributed by atoms with Crippen LogP contribution in [0.15, 0.2) is 24.3 Å². The number of hydrogen-bond donors (Lipinski definition) is 1. The van der Waals surface area contributed by atoms with Crippen LogP contribution in [0.5, 0.6) is 6.01 Å². The summed E-state index contributed by atoms with van der Waals surface area (Å²) in [5.74, 6) is -0.654. The molecule has 2 amide bonds. The lowest BCUT2D eigenvalue weighted by Crippen LogP contribution is -2.45. The number of anilines is 2. The maximum atomic E-state index is 15.2. The van der Waals surface area contributed by atoms with Crippen LogP contribution in [-0.4, -0.2) is 101 Å². The maximum Gasteiger partial charge on any atom is 0.417 e. The van der Waals surface area contributed by atoms with Crippen molar-refractivity contribution in [3.63, 3.8) is 0 Å². The third-order valence-electron chi connectivity index (χ3n) is 10.7. The van der Waals surface area contributed by atoms with Crippen LogP contribution in [0.4, 0.5) is 42.4 Å². The van der Waals surface area contributed by atoms with E-state index in [1.165, 1.54) is 26.0 Å². The summed E-state index contributed by atoms with van der Waals surface area (Å²) in [5.41, 5.74) is -3.31. The number of rotatable bonds is 5. The van der Waals surface area contributed by atoms with Crippen LogP contribution in [0, 0.1) is 17.1 Å². The van der Waals surface area contributed by atoms with Crippen molar-refractivity contribution in [1.29, 1.82) is 5.26 Å². The highest BCUT2D eigenvalue weighted by Gasteiger charge is 2.41. The molecular weight excluding hydrogens is 834 g/mol. The first-order valence-corrected chi connectivity index (χ1v) is 21.5. The lowest BCUT2D eigenvalue weighted by molar-refractivity contribution is -0.137. The molecule has 62 heavy (non-hydrogen) atoms. The van der Waals surface area contributed by atoms with E-state index in [2.05, 4.69) is 20.2 Å². The highest BCUT2D eigenvalue weighted by Crippen LogP contribution is 2.47. The van der Waals surface area contributed by atoms with E-state index in [0.29, 0.717) is 36.9 Å². The average molecular weight is 890 g/mol. The summed E-state index contributed by atoms with van der Waals surface area (Å²) in [6, 6.07) is 5.97. The van der Waals surface area contributed by atoms with Crippen LogP contribution in [0.1, 0.15) is 99.1 Å². The fraction of sp³-hybridized carbons (Fsp3) is 0.568. The number of aromatic nitrogens is 2. The van der Waals surface area contributed by atoms with Gasteiger partial charge in [-0.2, -0.15) is 28.4 Å². The Morgan fingerprint density at radius 2 is 1.68 bits per heavy atom. The molecule has 3 aliphatic heterocycles. The van der Waals surface area contributed by atoms with Crippen molar-refractivity contribution in [2.75, 3.05) is 44.0 Å². The van der Waals surface area contributed by atoms with E-state index in [0.717, 1.165) is 31.2 Å². The largest absolute Gasteiger partial charge is 0.467 e. The number of alkyl halides is 4. The fourth-order valence-corrected chi connectivity index (χ4v) is 9.21. The van der Waals surface area contributed by atoms with Gasteiger partial charge in [-0.25, -0.2) is 18.4 Å². The summed E-state index contributed by atoms with van der Waals surface area (Å²) < 4.78 is 89.0. The van der Waals surface area contributed by atoms with E-state index in [9.17, 15) is 19.2 Å². The Kier molecular flexibility index (Phi) is 14.5. The zero-order valence-corrected chi connectivity index (χ0v) is 37.9. The topological polar surface area (TPSA) is 133 Å². The average Bonchev–Trinajstić information content (AvgIpc) is 3.96. The Morgan fingerprint density at radius 3 is 2.27 bits per heavy atom. The number of amides is 2. The number of nitrogens with zero attached hydrogens (tertiary/aromatic N) is 6. The van der Waals surface area contributed by atoms with E-state index in [4.69, 9.17) is 14.2 Å². The number of halogens is 5. The number of benzene rings is 2. The molecule has 4 atom stereocenters. The van der Waals surface area contributed by atoms with Crippen LogP contribution >= 0.6 is 11.3 Å². The van der Waals surface area contributed by atoms with E-state index in [-0.39, 0.29) is 66.6 Å². The highest BCUT2D eigenvalue weighted by molar-refractivity contribution is 7.23. The zero-order chi connectivity index (χ0) is 46.1. The number of hydrogen-bond acceptors (Lipinski definition) is 11. The second-order valence-corrected chi connectivity index (χ2v) is 18.3. The van der Waals surface area contributed by atoms with Crippen LogP contribution in [0.2, 0.25) is 0 Å². The van der Waals surface area contributed by atoms with Gasteiger partial charge in [0.05, 0.1) is 40.5 Å². The molecule has 1 N–H and O–H groups in total. The van der Waals surface area contributed by atoms with Crippen molar-refractivity contribution >= 4 is 55.3 Å². The SMILES string of the molecule is CC.COc1nc(N(C)C2CCN(C(=O)OC(C)(C)C)C2C)c2cc(C(F)(F)F)c(-c3ccc(F)c4sc(NC(=O)OC(C)(C)C)c(C#N)c34)cc2n1.FC1CC2CCCN2C1. The lowest BCUT2D eigenvalue weighted by Gasteiger charge is -2.33. The molecule has 2 aromatic heterocycles. The van der Waals surface area contributed by atoms with Gasteiger partial charge in [0.1, 0.15) is 40.1 Å². The van der Waals surface area contributed by atoms with Gasteiger partial charge in [0.15, 0.2) is 0 Å². The Labute approximate surface area is 363 Å². The molecule has 0 aliphatic carbocycles. The number of carbonyl (C=O) groups is 2. The van der Waals surface area contributed by atoms with E-state index in [1.807, 2.05) is 26.8 Å². The molecule has 0 bridgehead atoms. The van der Waals surface area contributed by atoms with Gasteiger partial charge >= 0.3 is 24.4 Å². The molecule has 0 radical (unpaired) electrons. The van der Waals surface area contributed by atoms with Crippen molar-refractivity contribution < 1.29 is 45.8 Å². The Morgan fingerprint density at radius 1 is 1.00 bits per heavy atom. The third-order valence-corrected chi connectivity index (χ3v) is 11.8. The number of fused-ring (bicyclic) bond motifs is 3. The fourth-order valence-electron chi connectivity index (χ4n) is 8.15. The predicted octanol–water partition coefficient (Wildman–Crippen LogP) is 10.9. The summed E-state index contributed by atoms with van der Waals surface area (Å²) in [4.78, 5) is 39.9. The maximum absolute atomic E-state index is 15.2. The van der Waals surface area contributed by atoms with Crippen LogP contribution in [-0.2, 0) is 15.7 Å². The molecule has 7 rings (SSSR count). The van der Waals surface area contributed by atoms with Gasteiger partial charge < -0.3 is 24.0 Å². The number of nitrogens with one attached hydrogen (secondary N) is 1. The second kappa shape index (κ2) is 18.8. The Balaban J connectivity index is 0.000000573. The number of carbonyl (C=O) groups excluding carboxylic acids is 2. The Bertz CT molecular complexity index is 2310. The van der Waals surface area contributed by atoms with Crippen molar-refractivity contribution in [2.45, 2.75) is 130 Å². The van der Waals surface area contributed by atoms with Crippen molar-refractivity contribution in [3.05, 3.63) is 41.2 Å². The summed E-state index contributed by atoms with van der Waals surface area (Å²) in [6.07, 6.45) is -3.04. The van der Waals surface area contributed by atoms with Crippen LogP contribution < -0.4 is 15.0 Å². The molecule has 338 valence electrons. The molecule has 12 nitrogen and oxygen atoms in total. The van der Waals surface area contributed by atoms with Crippen molar-refractivity contribution in [1.82, 2.24) is 19.8 Å². The molecule has 2 aromatic carbocycles. The van der Waals surface area contributed by atoms with E-state index < -0.39 is 47.1 Å². The van der Waals surface area contributed by atoms with Gasteiger partial charge in [0.2, 0.25) is 0 Å². The third kappa shape index (κ3) is 10.6. The molecule has 3 fully saturated rings. The van der Waals surface area contributed by atoms with E-state index >= 15 is 17.6 Å². The number of likely N-dealkylation sites (N-methyl/N-ethyl adjacent to an activating group) is 1. The number of ether oxygens (including phenoxy) is 3. The van der Waals surface area contributed by atoms with Crippen LogP contribution in [0.25, 0.3) is 32.1 Å². The normalized spacial score (nSPS) is 20.1. The molecule has 18 heteroatoms. The summed E-state index contributed by atoms with van der Waals surface area (Å²) in [7, 11) is 3.00. The lowest BCUT2D eigenvalue weighted by atomic mass is 9.93. The minimum Gasteiger partial charge on any atom is -0.467 e. The minimum absolute atomic E-state index is 0.0498. The zero-order valence-electron chi connectivity index (χ0n) is 37.1. The predicted molar refractivity (Wildman–Crippen MR) is 231 cm³/mol. The molecule has 3 saturated heterocycles. The van der Waals surface area contributed by atoms with Crippen molar-refractivity contribution in [2.24, 2.45) is 0 Å². The minimum atomic E-state index is -4.92. The standard InChI is InChI=1S/C35H38F4N6O5S.C7H12FN.C2H6/c1-17-25(12-13-45(17)32(47)50-34(5,6)7)44(8)28-20-14-22(35(37,38)39)19(15-24(20)41-30(42-28)48-9)18-10-11-23(36)27-26(18)21(16-40)29(51-27)43-31(46)49-33(2,3)4;8-6-4-7-2-1-3-9(7)5-6;1-2/h10-11,14-15,17,25H,12-13H2,1-9H3,(H,43,46);6-7H,1-5H2;1-2H3. The van der Waals surface area contributed by atoms with Gasteiger partial charge in [-0.15, -0.1) is 11.3 Å². The van der Waals surface area contributed by atoms with Crippen molar-refractivity contribution in [3.8, 4) is 23.2 Å². The van der Waals surface area contributed by atoms with Crippen LogP contribution in [0.3, 0.4) is 0 Å². The molecule has 4 unspecified atom stereocenters. The number of nitriles is 1. The first kappa shape index (κ1) is 48.0. The molecular formula is C44H56F5N7O5S. The van der Waals surface area contributed by atoms with Gasteiger partial charge in [-0.05, 0) is 110 Å². The number of methoxy groups -OCH3 is 1. The highest BCUT2D eigenvalue weighted by atomic mass is 32.1. The summed E-state index contributed by atoms with van der Waals surface area (Å²) >= 11 is 0.707. The van der Waals surface area contributed by atoms with Gasteiger partial charge in [-0.1, -0.05) is 19.9 Å². The monoisotopic (exact) mass is 889 g/mol.